The minimum Gasteiger partial charge on any atom is -0.266 e. The fourth-order valence-corrected chi connectivity index (χ4v) is 4.24. The van der Waals surface area contributed by atoms with Crippen LogP contribution in [0.25, 0.3) is 0 Å². The first kappa shape index (κ1) is 8.24. The van der Waals surface area contributed by atoms with Crippen molar-refractivity contribution in [3.05, 3.63) is 0 Å². The van der Waals surface area contributed by atoms with Crippen molar-refractivity contribution in [2.75, 3.05) is 6.26 Å². The molecule has 3 nitrogen and oxygen atoms in total. The van der Waals surface area contributed by atoms with Crippen molar-refractivity contribution in [3.8, 4) is 0 Å². The normalized spacial score (nSPS) is 57.1. The monoisotopic (exact) mass is 202 g/mol. The molecule has 0 aromatic heterocycles. The average molecular weight is 202 g/mol. The minimum atomic E-state index is -3.26. The van der Waals surface area contributed by atoms with E-state index in [9.17, 15) is 8.42 Å². The van der Waals surface area contributed by atoms with Crippen LogP contribution in [0.2, 0.25) is 0 Å². The van der Waals surface area contributed by atoms with Gasteiger partial charge in [-0.25, -0.2) is 0 Å². The van der Waals surface area contributed by atoms with E-state index in [0.717, 1.165) is 18.6 Å². The third-order valence-corrected chi connectivity index (χ3v) is 5.01. The third-order valence-electron chi connectivity index (χ3n) is 4.43. The molecule has 0 heterocycles. The lowest BCUT2D eigenvalue weighted by Gasteiger charge is -2.19. The van der Waals surface area contributed by atoms with Crippen molar-refractivity contribution in [1.29, 1.82) is 0 Å². The van der Waals surface area contributed by atoms with E-state index in [4.69, 9.17) is 4.18 Å². The molecule has 4 atom stereocenters. The summed E-state index contributed by atoms with van der Waals surface area (Å²) in [6.07, 6.45) is 4.58. The van der Waals surface area contributed by atoms with Crippen molar-refractivity contribution in [2.45, 2.75) is 32.3 Å². The first-order chi connectivity index (χ1) is 5.87. The van der Waals surface area contributed by atoms with Crippen LogP contribution < -0.4 is 0 Å². The minimum absolute atomic E-state index is 0.0266. The Morgan fingerprint density at radius 1 is 1.46 bits per heavy atom. The molecule has 0 aliphatic heterocycles. The molecular formula is C9H14O3S. The fourth-order valence-electron chi connectivity index (χ4n) is 3.53. The van der Waals surface area contributed by atoms with Crippen molar-refractivity contribution >= 4 is 10.1 Å². The maximum absolute atomic E-state index is 11.0. The summed E-state index contributed by atoms with van der Waals surface area (Å²) >= 11 is 0. The van der Waals surface area contributed by atoms with Crippen LogP contribution in [0.1, 0.15) is 26.2 Å². The lowest BCUT2D eigenvalue weighted by Crippen LogP contribution is -2.25. The first-order valence-corrected chi connectivity index (χ1v) is 6.57. The van der Waals surface area contributed by atoms with E-state index in [0.29, 0.717) is 5.41 Å². The summed E-state index contributed by atoms with van der Waals surface area (Å²) in [7, 11) is -3.26. The molecule has 0 unspecified atom stereocenters. The largest absolute Gasteiger partial charge is 0.266 e. The average Bonchev–Trinajstić information content (AvgIpc) is 2.70. The molecule has 3 fully saturated rings. The summed E-state index contributed by atoms with van der Waals surface area (Å²) in [5.74, 6) is 0.768. The van der Waals surface area contributed by atoms with Crippen LogP contribution >= 0.6 is 0 Å². The van der Waals surface area contributed by atoms with Crippen LogP contribution in [0.3, 0.4) is 0 Å². The number of hydrogen-bond donors (Lipinski definition) is 0. The fraction of sp³-hybridized carbons (Fsp3) is 1.00. The number of hydrogen-bond acceptors (Lipinski definition) is 3. The topological polar surface area (TPSA) is 43.4 Å². The summed E-state index contributed by atoms with van der Waals surface area (Å²) in [6, 6.07) is 0. The highest BCUT2D eigenvalue weighted by Gasteiger charge is 2.84. The molecule has 4 heteroatoms. The summed E-state index contributed by atoms with van der Waals surface area (Å²) in [4.78, 5) is 0. The summed E-state index contributed by atoms with van der Waals surface area (Å²) in [5.41, 5.74) is 0.711. The van der Waals surface area contributed by atoms with E-state index in [1.807, 2.05) is 0 Å². The van der Waals surface area contributed by atoms with E-state index >= 15 is 0 Å². The maximum atomic E-state index is 11.0. The molecule has 0 N–H and O–H groups in total. The maximum Gasteiger partial charge on any atom is 0.264 e. The van der Waals surface area contributed by atoms with Gasteiger partial charge in [-0.15, -0.1) is 0 Å². The van der Waals surface area contributed by atoms with Crippen LogP contribution in [0.15, 0.2) is 0 Å². The quantitative estimate of drug-likeness (QED) is 0.631. The molecule has 0 amide bonds. The van der Waals surface area contributed by atoms with Gasteiger partial charge >= 0.3 is 0 Å². The van der Waals surface area contributed by atoms with Gasteiger partial charge in [0.1, 0.15) is 0 Å². The Morgan fingerprint density at radius 2 is 2.15 bits per heavy atom. The van der Waals surface area contributed by atoms with Gasteiger partial charge in [-0.05, 0) is 30.6 Å². The highest BCUT2D eigenvalue weighted by molar-refractivity contribution is 7.86. The second-order valence-electron chi connectivity index (χ2n) is 5.18. The molecule has 0 radical (unpaired) electrons. The highest BCUT2D eigenvalue weighted by Crippen LogP contribution is 2.89. The van der Waals surface area contributed by atoms with Gasteiger partial charge in [0, 0.05) is 5.41 Å². The molecule has 13 heavy (non-hydrogen) atoms. The van der Waals surface area contributed by atoms with Crippen molar-refractivity contribution in [2.24, 2.45) is 16.7 Å². The Labute approximate surface area is 78.6 Å². The van der Waals surface area contributed by atoms with Crippen LogP contribution in [0.5, 0.6) is 0 Å². The van der Waals surface area contributed by atoms with Crippen molar-refractivity contribution in [1.82, 2.24) is 0 Å². The standard InChI is InChI=1S/C9H14O3S/c1-8-5-9(8)4-6(9)3-7(8)12-13(2,10)11/h6-7H,3-5H2,1-2H3/t6-,7-,8+,9-/m1/s1. The molecule has 0 bridgehead atoms. The lowest BCUT2D eigenvalue weighted by molar-refractivity contribution is 0.135. The summed E-state index contributed by atoms with van der Waals surface area (Å²) in [6.45, 7) is 2.18. The molecule has 0 aromatic rings. The van der Waals surface area contributed by atoms with Gasteiger partial charge in [-0.3, -0.25) is 4.18 Å². The molecule has 0 aromatic carbocycles. The molecule has 3 aliphatic carbocycles. The lowest BCUT2D eigenvalue weighted by atomic mass is 10.0. The Kier molecular flexibility index (Phi) is 1.15. The molecule has 0 saturated heterocycles. The van der Waals surface area contributed by atoms with Gasteiger partial charge < -0.3 is 0 Å². The van der Waals surface area contributed by atoms with Gasteiger partial charge in [0.2, 0.25) is 0 Å². The van der Waals surface area contributed by atoms with E-state index in [2.05, 4.69) is 6.92 Å². The zero-order chi connectivity index (χ0) is 9.48. The Bertz CT molecular complexity index is 374. The van der Waals surface area contributed by atoms with E-state index in [1.165, 1.54) is 12.8 Å². The van der Waals surface area contributed by atoms with Crippen molar-refractivity contribution < 1.29 is 12.6 Å². The molecule has 3 aliphatic rings. The predicted octanol–water partition coefficient (Wildman–Crippen LogP) is 1.15. The molecule has 1 spiro atoms. The first-order valence-electron chi connectivity index (χ1n) is 4.76. The summed E-state index contributed by atoms with van der Waals surface area (Å²) < 4.78 is 27.1. The van der Waals surface area contributed by atoms with Gasteiger partial charge in [0.15, 0.2) is 0 Å². The van der Waals surface area contributed by atoms with E-state index < -0.39 is 10.1 Å². The Hall–Kier alpha value is -0.0900. The van der Waals surface area contributed by atoms with Gasteiger partial charge in [0.25, 0.3) is 10.1 Å². The molecule has 74 valence electrons. The third kappa shape index (κ3) is 0.859. The van der Waals surface area contributed by atoms with E-state index in [-0.39, 0.29) is 11.5 Å². The number of rotatable bonds is 2. The van der Waals surface area contributed by atoms with Crippen LogP contribution in [-0.4, -0.2) is 20.8 Å². The second kappa shape index (κ2) is 1.82. The molecule has 3 saturated carbocycles. The Morgan fingerprint density at radius 3 is 2.54 bits per heavy atom. The van der Waals surface area contributed by atoms with Crippen molar-refractivity contribution in [3.63, 3.8) is 0 Å². The van der Waals surface area contributed by atoms with Crippen LogP contribution in [0.4, 0.5) is 0 Å². The van der Waals surface area contributed by atoms with E-state index in [1.54, 1.807) is 0 Å². The summed E-state index contributed by atoms with van der Waals surface area (Å²) in [5, 5.41) is 0. The van der Waals surface area contributed by atoms with Gasteiger partial charge in [0.05, 0.1) is 12.4 Å². The van der Waals surface area contributed by atoms with Gasteiger partial charge in [-0.2, -0.15) is 8.42 Å². The highest BCUT2D eigenvalue weighted by atomic mass is 32.2. The zero-order valence-electron chi connectivity index (χ0n) is 7.91. The second-order valence-corrected chi connectivity index (χ2v) is 6.78. The smallest absolute Gasteiger partial charge is 0.264 e. The molecular weight excluding hydrogens is 188 g/mol. The predicted molar refractivity (Wildman–Crippen MR) is 47.6 cm³/mol. The molecule has 3 rings (SSSR count). The van der Waals surface area contributed by atoms with Gasteiger partial charge in [-0.1, -0.05) is 6.92 Å². The zero-order valence-corrected chi connectivity index (χ0v) is 8.73. The SMILES string of the molecule is C[C@@]12C[C@@]13C[C@H]3C[C@H]2OS(C)(=O)=O. The van der Waals surface area contributed by atoms with Crippen LogP contribution in [-0.2, 0) is 14.3 Å². The van der Waals surface area contributed by atoms with Crippen LogP contribution in [0, 0.1) is 16.7 Å². The Balaban J connectivity index is 1.82.